The summed E-state index contributed by atoms with van der Waals surface area (Å²) in [6, 6.07) is 23.5. The number of amides is 1. The Kier molecular flexibility index (Phi) is 5.70. The van der Waals surface area contributed by atoms with E-state index in [4.69, 9.17) is 0 Å². The molecule has 1 aliphatic heterocycles. The number of hydroxylamine groups is 2. The molecule has 0 radical (unpaired) electrons. The summed E-state index contributed by atoms with van der Waals surface area (Å²) < 4.78 is 0. The van der Waals surface area contributed by atoms with Gasteiger partial charge in [0.25, 0.3) is 5.91 Å². The van der Waals surface area contributed by atoms with E-state index in [1.165, 1.54) is 12.8 Å². The number of hydrogen-bond donors (Lipinski definition) is 1. The quantitative estimate of drug-likeness (QED) is 0.512. The molecule has 3 aromatic rings. The Morgan fingerprint density at radius 1 is 0.929 bits per heavy atom. The third kappa shape index (κ3) is 4.08. The molecular weight excluding hydrogens is 348 g/mol. The van der Waals surface area contributed by atoms with Crippen LogP contribution in [0.3, 0.4) is 0 Å². The van der Waals surface area contributed by atoms with Gasteiger partial charge in [0.05, 0.1) is 12.5 Å². The van der Waals surface area contributed by atoms with Crippen molar-refractivity contribution in [3.05, 3.63) is 83.9 Å². The Morgan fingerprint density at radius 2 is 1.61 bits per heavy atom. The second-order valence-electron chi connectivity index (χ2n) is 7.49. The van der Waals surface area contributed by atoms with Gasteiger partial charge in [-0.3, -0.25) is 10.0 Å². The molecule has 4 heteroatoms. The SMILES string of the molecule is O=C(Cc1cccc2ccccc12)N(O)[C@H](CN1CCCC1)c1ccccc1. The number of carbonyl (C=O) groups excluding carboxylic acids is 1. The lowest BCUT2D eigenvalue weighted by atomic mass is 10.0. The van der Waals surface area contributed by atoms with Gasteiger partial charge in [0.2, 0.25) is 0 Å². The number of benzene rings is 3. The maximum Gasteiger partial charge on any atom is 0.250 e. The Hall–Kier alpha value is -2.69. The lowest BCUT2D eigenvalue weighted by Gasteiger charge is -2.30. The average molecular weight is 374 g/mol. The van der Waals surface area contributed by atoms with Crippen LogP contribution >= 0.6 is 0 Å². The van der Waals surface area contributed by atoms with Gasteiger partial charge in [-0.2, -0.15) is 0 Å². The third-order valence-electron chi connectivity index (χ3n) is 5.59. The van der Waals surface area contributed by atoms with Crippen LogP contribution in [-0.4, -0.2) is 40.7 Å². The van der Waals surface area contributed by atoms with Crippen molar-refractivity contribution in [1.82, 2.24) is 9.96 Å². The molecule has 0 bridgehead atoms. The molecule has 1 aliphatic rings. The van der Waals surface area contributed by atoms with Crippen molar-refractivity contribution < 1.29 is 10.0 Å². The van der Waals surface area contributed by atoms with E-state index in [1.807, 2.05) is 72.8 Å². The first-order valence-corrected chi connectivity index (χ1v) is 9.97. The first kappa shape index (κ1) is 18.7. The van der Waals surface area contributed by atoms with E-state index in [0.717, 1.165) is 40.1 Å². The fourth-order valence-corrected chi connectivity index (χ4v) is 4.07. The van der Waals surface area contributed by atoms with Crippen molar-refractivity contribution in [1.29, 1.82) is 0 Å². The smallest absolute Gasteiger partial charge is 0.250 e. The summed E-state index contributed by atoms with van der Waals surface area (Å²) in [6.45, 7) is 2.70. The molecule has 144 valence electrons. The van der Waals surface area contributed by atoms with Crippen LogP contribution in [0, 0.1) is 0 Å². The fraction of sp³-hybridized carbons (Fsp3) is 0.292. The summed E-state index contributed by atoms with van der Waals surface area (Å²) in [7, 11) is 0. The van der Waals surface area contributed by atoms with Gasteiger partial charge >= 0.3 is 0 Å². The standard InChI is InChI=1S/C24H26N2O2/c27-24(17-21-13-8-12-19-9-4-5-14-22(19)21)26(28)23(18-25-15-6-7-16-25)20-10-2-1-3-11-20/h1-5,8-14,23,28H,6-7,15-18H2/t23-/m1/s1. The largest absolute Gasteiger partial charge is 0.301 e. The second kappa shape index (κ2) is 8.55. The topological polar surface area (TPSA) is 43.8 Å². The molecule has 0 unspecified atom stereocenters. The summed E-state index contributed by atoms with van der Waals surface area (Å²) in [4.78, 5) is 15.3. The Labute approximate surface area is 166 Å². The van der Waals surface area contributed by atoms with E-state index < -0.39 is 0 Å². The second-order valence-corrected chi connectivity index (χ2v) is 7.49. The number of hydrogen-bond acceptors (Lipinski definition) is 3. The zero-order chi connectivity index (χ0) is 19.3. The molecule has 1 fully saturated rings. The molecule has 4 nitrogen and oxygen atoms in total. The van der Waals surface area contributed by atoms with Gasteiger partial charge in [0, 0.05) is 6.54 Å². The highest BCUT2D eigenvalue weighted by molar-refractivity contribution is 5.90. The van der Waals surface area contributed by atoms with E-state index >= 15 is 0 Å². The number of fused-ring (bicyclic) bond motifs is 1. The van der Waals surface area contributed by atoms with Gasteiger partial charge in [-0.25, -0.2) is 5.06 Å². The molecule has 0 aromatic heterocycles. The van der Waals surface area contributed by atoms with Gasteiger partial charge in [0.15, 0.2) is 0 Å². The van der Waals surface area contributed by atoms with Crippen molar-refractivity contribution in [2.24, 2.45) is 0 Å². The van der Waals surface area contributed by atoms with Crippen molar-refractivity contribution in [3.8, 4) is 0 Å². The van der Waals surface area contributed by atoms with Crippen LogP contribution in [0.4, 0.5) is 0 Å². The van der Waals surface area contributed by atoms with Crippen LogP contribution in [0.1, 0.15) is 30.0 Å². The first-order chi connectivity index (χ1) is 13.7. The molecule has 1 heterocycles. The molecular formula is C24H26N2O2. The minimum Gasteiger partial charge on any atom is -0.301 e. The van der Waals surface area contributed by atoms with Gasteiger partial charge in [-0.1, -0.05) is 72.8 Å². The van der Waals surface area contributed by atoms with Gasteiger partial charge in [0.1, 0.15) is 0 Å². The minimum atomic E-state index is -0.359. The number of nitrogens with zero attached hydrogens (tertiary/aromatic N) is 2. The monoisotopic (exact) mass is 374 g/mol. The van der Waals surface area contributed by atoms with Crippen molar-refractivity contribution in [2.75, 3.05) is 19.6 Å². The molecule has 1 atom stereocenters. The molecule has 28 heavy (non-hydrogen) atoms. The highest BCUT2D eigenvalue weighted by Crippen LogP contribution is 2.25. The van der Waals surface area contributed by atoms with E-state index in [1.54, 1.807) is 0 Å². The Balaban J connectivity index is 1.56. The van der Waals surface area contributed by atoms with Gasteiger partial charge in [-0.05, 0) is 47.8 Å². The maximum atomic E-state index is 13.0. The van der Waals surface area contributed by atoms with E-state index in [0.29, 0.717) is 6.54 Å². The molecule has 1 amide bonds. The minimum absolute atomic E-state index is 0.182. The average Bonchev–Trinajstić information content (AvgIpc) is 3.26. The van der Waals surface area contributed by atoms with Crippen LogP contribution < -0.4 is 0 Å². The summed E-state index contributed by atoms with van der Waals surface area (Å²) in [5.41, 5.74) is 1.90. The van der Waals surface area contributed by atoms with Crippen LogP contribution in [0.15, 0.2) is 72.8 Å². The predicted octanol–water partition coefficient (Wildman–Crippen LogP) is 4.44. The zero-order valence-corrected chi connectivity index (χ0v) is 16.0. The third-order valence-corrected chi connectivity index (χ3v) is 5.59. The van der Waals surface area contributed by atoms with E-state index in [9.17, 15) is 10.0 Å². The molecule has 0 aliphatic carbocycles. The molecule has 4 rings (SSSR count). The summed E-state index contributed by atoms with van der Waals surface area (Å²) in [6.07, 6.45) is 2.54. The predicted molar refractivity (Wildman–Crippen MR) is 111 cm³/mol. The summed E-state index contributed by atoms with van der Waals surface area (Å²) in [5, 5.41) is 14.0. The molecule has 0 spiro atoms. The number of rotatable bonds is 6. The summed E-state index contributed by atoms with van der Waals surface area (Å²) >= 11 is 0. The van der Waals surface area contributed by atoms with E-state index in [2.05, 4.69) is 4.90 Å². The zero-order valence-electron chi connectivity index (χ0n) is 16.0. The van der Waals surface area contributed by atoms with Gasteiger partial charge < -0.3 is 4.90 Å². The van der Waals surface area contributed by atoms with E-state index in [-0.39, 0.29) is 18.4 Å². The summed E-state index contributed by atoms with van der Waals surface area (Å²) in [5.74, 6) is -0.274. The Morgan fingerprint density at radius 3 is 2.39 bits per heavy atom. The highest BCUT2D eigenvalue weighted by Gasteiger charge is 2.27. The van der Waals surface area contributed by atoms with Crippen LogP contribution in [0.2, 0.25) is 0 Å². The van der Waals surface area contributed by atoms with Crippen molar-refractivity contribution in [2.45, 2.75) is 25.3 Å². The van der Waals surface area contributed by atoms with Crippen LogP contribution in [0.25, 0.3) is 10.8 Å². The Bertz CT molecular complexity index is 930. The fourth-order valence-electron chi connectivity index (χ4n) is 4.07. The van der Waals surface area contributed by atoms with Crippen molar-refractivity contribution >= 4 is 16.7 Å². The molecule has 0 saturated carbocycles. The normalized spacial score (nSPS) is 15.6. The lowest BCUT2D eigenvalue weighted by molar-refractivity contribution is -0.177. The highest BCUT2D eigenvalue weighted by atomic mass is 16.5. The van der Waals surface area contributed by atoms with Crippen LogP contribution in [-0.2, 0) is 11.2 Å². The molecule has 3 aromatic carbocycles. The van der Waals surface area contributed by atoms with Crippen molar-refractivity contribution in [3.63, 3.8) is 0 Å². The van der Waals surface area contributed by atoms with Gasteiger partial charge in [-0.15, -0.1) is 0 Å². The molecule has 1 saturated heterocycles. The van der Waals surface area contributed by atoms with Crippen LogP contribution in [0.5, 0.6) is 0 Å². The molecule has 1 N–H and O–H groups in total. The lowest BCUT2D eigenvalue weighted by Crippen LogP contribution is -2.39. The number of carbonyl (C=O) groups is 1. The first-order valence-electron chi connectivity index (χ1n) is 9.97. The maximum absolute atomic E-state index is 13.0. The number of likely N-dealkylation sites (tertiary alicyclic amines) is 1.